The molecule has 0 atom stereocenters. The molecule has 0 aliphatic carbocycles. The van der Waals surface area contributed by atoms with Crippen molar-refractivity contribution in [1.82, 2.24) is 0 Å². The second-order valence-corrected chi connectivity index (χ2v) is 2.48. The van der Waals surface area contributed by atoms with Crippen LogP contribution in [0.5, 0.6) is 0 Å². The maximum atomic E-state index is 10.3. The molecule has 0 amide bonds. The van der Waals surface area contributed by atoms with Gasteiger partial charge in [0.05, 0.1) is 12.8 Å². The first-order chi connectivity index (χ1) is 5.78. The van der Waals surface area contributed by atoms with Crippen LogP contribution >= 0.6 is 0 Å². The van der Waals surface area contributed by atoms with Crippen LogP contribution in [-0.4, -0.2) is 67.0 Å². The van der Waals surface area contributed by atoms with Crippen molar-refractivity contribution in [1.29, 1.82) is 0 Å². The Morgan fingerprint density at radius 1 is 0.933 bits per heavy atom. The van der Waals surface area contributed by atoms with E-state index < -0.39 is 36.4 Å². The molecule has 0 fully saturated rings. The minimum absolute atomic E-state index is 0. The van der Waals surface area contributed by atoms with Gasteiger partial charge in [-0.3, -0.25) is 9.59 Å². The van der Waals surface area contributed by atoms with E-state index in [0.717, 1.165) is 0 Å². The summed E-state index contributed by atoms with van der Waals surface area (Å²) in [6.07, 6.45) is -2.29. The predicted molar refractivity (Wildman–Crippen MR) is 43.5 cm³/mol. The van der Waals surface area contributed by atoms with Crippen LogP contribution in [0.3, 0.4) is 0 Å². The average molecular weight is 232 g/mol. The Bertz CT molecular complexity index is 234. The zero-order chi connectivity index (χ0) is 10.6. The van der Waals surface area contributed by atoms with Crippen molar-refractivity contribution in [3.05, 3.63) is 0 Å². The van der Waals surface area contributed by atoms with Crippen LogP contribution in [0.4, 0.5) is 0 Å². The average Bonchev–Trinajstić information content (AvgIpc) is 1.82. The molecule has 0 saturated carbocycles. The Kier molecular flexibility index (Phi) is 9.68. The number of hydrogen-bond acceptors (Lipinski definition) is 4. The van der Waals surface area contributed by atoms with Crippen molar-refractivity contribution < 1.29 is 40.3 Å². The van der Waals surface area contributed by atoms with Crippen LogP contribution in [0.2, 0.25) is 0 Å². The fraction of sp³-hybridized carbons (Fsp3) is 0.500. The molecule has 82 valence electrons. The van der Waals surface area contributed by atoms with Crippen LogP contribution in [0.1, 0.15) is 12.8 Å². The van der Waals surface area contributed by atoms with Crippen LogP contribution in [0, 0.1) is 0 Å². The molecule has 0 bridgehead atoms. The predicted octanol–water partition coefficient (Wildman–Crippen LogP) is -1.75. The van der Waals surface area contributed by atoms with E-state index in [1.165, 1.54) is 0 Å². The van der Waals surface area contributed by atoms with Gasteiger partial charge in [-0.15, -0.1) is 0 Å². The maximum absolute atomic E-state index is 10.3. The molecule has 0 heterocycles. The van der Waals surface area contributed by atoms with Gasteiger partial charge in [0, 0.05) is 0 Å². The Labute approximate surface area is 100.0 Å². The normalized spacial score (nSPS) is 9.40. The van der Waals surface area contributed by atoms with Gasteiger partial charge >= 0.3 is 41.0 Å². The summed E-state index contributed by atoms with van der Waals surface area (Å²) >= 11 is 0. The van der Waals surface area contributed by atoms with Crippen molar-refractivity contribution in [3.8, 4) is 0 Å². The van der Waals surface area contributed by atoms with E-state index in [-0.39, 0.29) is 28.5 Å². The number of aliphatic carboxylic acids is 3. The molecular formula is C6H8MgO8. The first-order valence-electron chi connectivity index (χ1n) is 3.17. The van der Waals surface area contributed by atoms with Crippen molar-refractivity contribution in [2.45, 2.75) is 18.4 Å². The number of rotatable bonds is 5. The largest absolute Gasteiger partial charge is 2.00 e. The molecule has 0 radical (unpaired) electrons. The third-order valence-corrected chi connectivity index (χ3v) is 1.29. The van der Waals surface area contributed by atoms with E-state index >= 15 is 0 Å². The number of carbonyl (C=O) groups is 3. The third-order valence-electron chi connectivity index (χ3n) is 1.29. The van der Waals surface area contributed by atoms with Crippen LogP contribution in [0.15, 0.2) is 0 Å². The monoisotopic (exact) mass is 232 g/mol. The number of carboxylic acid groups (broad SMARTS) is 3. The van der Waals surface area contributed by atoms with Crippen molar-refractivity contribution >= 4 is 41.0 Å². The van der Waals surface area contributed by atoms with Gasteiger partial charge in [0.2, 0.25) is 0 Å². The van der Waals surface area contributed by atoms with Gasteiger partial charge in [-0.2, -0.15) is 0 Å². The standard InChI is InChI=1S/C6H8O7.Mg.O/c7-3(8)1-6(13,5(11)12)2-4(9)10;;/h13H,1-2H2,(H,7,8)(H,9,10)(H,11,12);;/q;+2;-2. The fourth-order valence-corrected chi connectivity index (χ4v) is 0.714. The summed E-state index contributed by atoms with van der Waals surface area (Å²) in [5.41, 5.74) is -2.74. The van der Waals surface area contributed by atoms with E-state index in [0.29, 0.717) is 0 Å². The topological polar surface area (TPSA) is 161 Å². The second kappa shape index (κ2) is 7.40. The van der Waals surface area contributed by atoms with Gasteiger partial charge in [-0.25, -0.2) is 4.79 Å². The molecular weight excluding hydrogens is 224 g/mol. The smallest absolute Gasteiger partial charge is 2.00 e. The van der Waals surface area contributed by atoms with E-state index in [2.05, 4.69) is 0 Å². The molecule has 0 rings (SSSR count). The van der Waals surface area contributed by atoms with E-state index in [1.807, 2.05) is 0 Å². The van der Waals surface area contributed by atoms with Gasteiger partial charge in [0.25, 0.3) is 0 Å². The summed E-state index contributed by atoms with van der Waals surface area (Å²) in [6.45, 7) is 0. The molecule has 15 heavy (non-hydrogen) atoms. The Balaban J connectivity index is -0.000000720. The number of aliphatic hydroxyl groups is 1. The van der Waals surface area contributed by atoms with Crippen molar-refractivity contribution in [2.75, 3.05) is 0 Å². The molecule has 8 nitrogen and oxygen atoms in total. The zero-order valence-electron chi connectivity index (χ0n) is 7.54. The SMILES string of the molecule is O=C(O)CC(O)(CC(=O)O)C(=O)O.[Mg+2].[O-2]. The Morgan fingerprint density at radius 3 is 1.33 bits per heavy atom. The first kappa shape index (κ1) is 19.6. The van der Waals surface area contributed by atoms with Crippen molar-refractivity contribution in [2.24, 2.45) is 0 Å². The molecule has 0 aromatic heterocycles. The summed E-state index contributed by atoms with van der Waals surface area (Å²) in [7, 11) is 0. The molecule has 0 aromatic carbocycles. The van der Waals surface area contributed by atoms with E-state index in [9.17, 15) is 14.4 Å². The minimum atomic E-state index is -2.74. The van der Waals surface area contributed by atoms with E-state index in [1.54, 1.807) is 0 Å². The molecule has 0 saturated heterocycles. The third kappa shape index (κ3) is 7.08. The zero-order valence-corrected chi connectivity index (χ0v) is 8.96. The van der Waals surface area contributed by atoms with Crippen molar-refractivity contribution in [3.63, 3.8) is 0 Å². The number of carboxylic acids is 3. The Hall–Kier alpha value is -0.904. The van der Waals surface area contributed by atoms with E-state index in [4.69, 9.17) is 20.4 Å². The molecule has 0 spiro atoms. The van der Waals surface area contributed by atoms with Crippen LogP contribution < -0.4 is 0 Å². The Morgan fingerprint density at radius 2 is 1.20 bits per heavy atom. The first-order valence-corrected chi connectivity index (χ1v) is 3.17. The summed E-state index contributed by atoms with van der Waals surface area (Å²) < 4.78 is 0. The molecule has 0 aliphatic heterocycles. The fourth-order valence-electron chi connectivity index (χ4n) is 0.714. The molecule has 9 heteroatoms. The van der Waals surface area contributed by atoms with Crippen LogP contribution in [0.25, 0.3) is 0 Å². The summed E-state index contributed by atoms with van der Waals surface area (Å²) in [5.74, 6) is -5.02. The molecule has 0 unspecified atom stereocenters. The van der Waals surface area contributed by atoms with Gasteiger partial charge in [0.15, 0.2) is 5.60 Å². The summed E-state index contributed by atoms with van der Waals surface area (Å²) in [4.78, 5) is 30.5. The van der Waals surface area contributed by atoms with Gasteiger partial charge in [0.1, 0.15) is 0 Å². The van der Waals surface area contributed by atoms with Gasteiger partial charge < -0.3 is 25.9 Å². The maximum Gasteiger partial charge on any atom is 2.00 e. The van der Waals surface area contributed by atoms with Gasteiger partial charge in [-0.1, -0.05) is 0 Å². The minimum Gasteiger partial charge on any atom is -2.00 e. The molecule has 4 N–H and O–H groups in total. The summed E-state index contributed by atoms with van der Waals surface area (Å²) in [5, 5.41) is 33.8. The quantitative estimate of drug-likeness (QED) is 0.409. The molecule has 0 aliphatic rings. The second-order valence-electron chi connectivity index (χ2n) is 2.48. The molecule has 0 aromatic rings. The number of hydrogen-bond donors (Lipinski definition) is 4. The van der Waals surface area contributed by atoms with Crippen LogP contribution in [-0.2, 0) is 19.9 Å². The van der Waals surface area contributed by atoms with Gasteiger partial charge in [-0.05, 0) is 0 Å². The summed E-state index contributed by atoms with van der Waals surface area (Å²) in [6, 6.07) is 0.